The van der Waals surface area contributed by atoms with Crippen LogP contribution in [-0.4, -0.2) is 28.2 Å². The fraction of sp³-hybridized carbons (Fsp3) is 0.667. The van der Waals surface area contributed by atoms with Crippen molar-refractivity contribution in [1.82, 2.24) is 20.8 Å². The Kier molecular flexibility index (Phi) is 3.78. The predicted octanol–water partition coefficient (Wildman–Crippen LogP) is 0.948. The molecule has 94 valence electrons. The number of hydrogen-bond donors (Lipinski definition) is 3. The minimum absolute atomic E-state index is 0.117. The van der Waals surface area contributed by atoms with E-state index in [1.807, 2.05) is 6.07 Å². The van der Waals surface area contributed by atoms with Crippen molar-refractivity contribution < 1.29 is 4.79 Å². The Hall–Kier alpha value is -1.36. The van der Waals surface area contributed by atoms with Crippen LogP contribution < -0.4 is 10.6 Å². The van der Waals surface area contributed by atoms with Crippen molar-refractivity contribution in [3.05, 3.63) is 18.0 Å². The monoisotopic (exact) mass is 236 g/mol. The van der Waals surface area contributed by atoms with E-state index < -0.39 is 0 Å². The number of hydrogen-bond acceptors (Lipinski definition) is 3. The highest BCUT2D eigenvalue weighted by Crippen LogP contribution is 2.24. The number of aromatic amines is 1. The highest BCUT2D eigenvalue weighted by molar-refractivity contribution is 5.86. The van der Waals surface area contributed by atoms with Gasteiger partial charge in [-0.25, -0.2) is 0 Å². The second-order valence-electron chi connectivity index (χ2n) is 4.63. The quantitative estimate of drug-likeness (QED) is 0.713. The fourth-order valence-corrected chi connectivity index (χ4v) is 2.48. The lowest BCUT2D eigenvalue weighted by Crippen LogP contribution is -2.53. The van der Waals surface area contributed by atoms with E-state index in [-0.39, 0.29) is 11.4 Å². The fourth-order valence-electron chi connectivity index (χ4n) is 2.48. The lowest BCUT2D eigenvalue weighted by Gasteiger charge is -2.27. The standard InChI is InChI=1S/C12H20N4O/c1-2-5-12(6-3-7-14-12)11(17)13-9-10-4-8-15-16-10/h4,8,14H,2-3,5-7,9H2,1H3,(H,13,17)(H,15,16). The zero-order chi connectivity index (χ0) is 12.1. The summed E-state index contributed by atoms with van der Waals surface area (Å²) in [6.45, 7) is 3.58. The first-order valence-electron chi connectivity index (χ1n) is 6.28. The summed E-state index contributed by atoms with van der Waals surface area (Å²) in [6, 6.07) is 1.87. The van der Waals surface area contributed by atoms with Gasteiger partial charge in [0.05, 0.1) is 17.8 Å². The highest BCUT2D eigenvalue weighted by atomic mass is 16.2. The number of amides is 1. The Morgan fingerprint density at radius 2 is 2.53 bits per heavy atom. The summed E-state index contributed by atoms with van der Waals surface area (Å²) in [5.41, 5.74) is 0.595. The Balaban J connectivity index is 1.92. The van der Waals surface area contributed by atoms with E-state index >= 15 is 0 Å². The van der Waals surface area contributed by atoms with Gasteiger partial charge in [0.15, 0.2) is 0 Å². The molecular weight excluding hydrogens is 216 g/mol. The van der Waals surface area contributed by atoms with Crippen molar-refractivity contribution in [3.8, 4) is 0 Å². The van der Waals surface area contributed by atoms with Crippen molar-refractivity contribution in [1.29, 1.82) is 0 Å². The molecule has 5 nitrogen and oxygen atoms in total. The molecule has 1 unspecified atom stereocenters. The number of carbonyl (C=O) groups excluding carboxylic acids is 1. The van der Waals surface area contributed by atoms with Crippen LogP contribution in [0.25, 0.3) is 0 Å². The van der Waals surface area contributed by atoms with Crippen LogP contribution >= 0.6 is 0 Å². The number of nitrogens with zero attached hydrogens (tertiary/aromatic N) is 1. The van der Waals surface area contributed by atoms with E-state index in [0.29, 0.717) is 6.54 Å². The number of carbonyl (C=O) groups is 1. The molecule has 0 radical (unpaired) electrons. The lowest BCUT2D eigenvalue weighted by atomic mass is 9.91. The molecule has 0 bridgehead atoms. The molecule has 5 heteroatoms. The molecule has 1 aromatic heterocycles. The Bertz CT molecular complexity index is 355. The lowest BCUT2D eigenvalue weighted by molar-refractivity contribution is -0.127. The zero-order valence-electron chi connectivity index (χ0n) is 10.3. The smallest absolute Gasteiger partial charge is 0.240 e. The maximum atomic E-state index is 12.2. The maximum Gasteiger partial charge on any atom is 0.240 e. The summed E-state index contributed by atoms with van der Waals surface area (Å²) in [4.78, 5) is 12.2. The van der Waals surface area contributed by atoms with Gasteiger partial charge in [-0.15, -0.1) is 0 Å². The van der Waals surface area contributed by atoms with Gasteiger partial charge >= 0.3 is 0 Å². The predicted molar refractivity (Wildman–Crippen MR) is 65.3 cm³/mol. The Labute approximate surface area is 101 Å². The van der Waals surface area contributed by atoms with E-state index in [9.17, 15) is 4.79 Å². The van der Waals surface area contributed by atoms with E-state index in [1.165, 1.54) is 0 Å². The van der Waals surface area contributed by atoms with Gasteiger partial charge in [0, 0.05) is 6.20 Å². The molecule has 1 atom stereocenters. The topological polar surface area (TPSA) is 69.8 Å². The van der Waals surface area contributed by atoms with Crippen LogP contribution in [0.2, 0.25) is 0 Å². The van der Waals surface area contributed by atoms with Gasteiger partial charge in [-0.3, -0.25) is 9.89 Å². The summed E-state index contributed by atoms with van der Waals surface area (Å²) in [6.07, 6.45) is 5.64. The summed E-state index contributed by atoms with van der Waals surface area (Å²) in [7, 11) is 0. The molecule has 0 aliphatic carbocycles. The average molecular weight is 236 g/mol. The maximum absolute atomic E-state index is 12.2. The molecule has 0 aromatic carbocycles. The largest absolute Gasteiger partial charge is 0.349 e. The summed E-state index contributed by atoms with van der Waals surface area (Å²) >= 11 is 0. The molecule has 2 heterocycles. The third kappa shape index (κ3) is 2.66. The van der Waals surface area contributed by atoms with E-state index in [1.54, 1.807) is 6.20 Å². The molecule has 1 amide bonds. The number of rotatable bonds is 5. The van der Waals surface area contributed by atoms with Crippen molar-refractivity contribution in [3.63, 3.8) is 0 Å². The van der Waals surface area contributed by atoms with Crippen molar-refractivity contribution in [2.45, 2.75) is 44.7 Å². The van der Waals surface area contributed by atoms with Crippen LogP contribution in [-0.2, 0) is 11.3 Å². The molecule has 3 N–H and O–H groups in total. The van der Waals surface area contributed by atoms with Gasteiger partial charge < -0.3 is 10.6 Å². The third-order valence-electron chi connectivity index (χ3n) is 3.35. The van der Waals surface area contributed by atoms with Gasteiger partial charge in [-0.2, -0.15) is 5.10 Å². The molecular formula is C12H20N4O. The molecule has 1 aromatic rings. The van der Waals surface area contributed by atoms with E-state index in [2.05, 4.69) is 27.8 Å². The van der Waals surface area contributed by atoms with E-state index in [0.717, 1.165) is 37.9 Å². The molecule has 1 aliphatic rings. The minimum Gasteiger partial charge on any atom is -0.349 e. The molecule has 0 spiro atoms. The minimum atomic E-state index is -0.339. The number of nitrogens with one attached hydrogen (secondary N) is 3. The highest BCUT2D eigenvalue weighted by Gasteiger charge is 2.39. The van der Waals surface area contributed by atoms with Crippen molar-refractivity contribution in [2.24, 2.45) is 0 Å². The van der Waals surface area contributed by atoms with Crippen LogP contribution in [0.3, 0.4) is 0 Å². The van der Waals surface area contributed by atoms with Crippen molar-refractivity contribution in [2.75, 3.05) is 6.54 Å². The van der Waals surface area contributed by atoms with Crippen LogP contribution in [0.1, 0.15) is 38.3 Å². The summed E-state index contributed by atoms with van der Waals surface area (Å²) in [5, 5.41) is 13.0. The summed E-state index contributed by atoms with van der Waals surface area (Å²) in [5.74, 6) is 0.117. The summed E-state index contributed by atoms with van der Waals surface area (Å²) < 4.78 is 0. The molecule has 1 aliphatic heterocycles. The van der Waals surface area contributed by atoms with Gasteiger partial charge in [-0.1, -0.05) is 13.3 Å². The van der Waals surface area contributed by atoms with Crippen molar-refractivity contribution >= 4 is 5.91 Å². The van der Waals surface area contributed by atoms with Gasteiger partial charge in [0.1, 0.15) is 0 Å². The van der Waals surface area contributed by atoms with Crippen LogP contribution in [0.4, 0.5) is 0 Å². The molecule has 1 fully saturated rings. The van der Waals surface area contributed by atoms with Gasteiger partial charge in [-0.05, 0) is 31.9 Å². The number of aromatic nitrogens is 2. The zero-order valence-corrected chi connectivity index (χ0v) is 10.3. The normalized spacial score (nSPS) is 23.8. The SMILES string of the molecule is CCCC1(C(=O)NCc2ccn[nH]2)CCCN1. The van der Waals surface area contributed by atoms with E-state index in [4.69, 9.17) is 0 Å². The van der Waals surface area contributed by atoms with Crippen LogP contribution in [0, 0.1) is 0 Å². The molecule has 1 saturated heterocycles. The molecule has 0 saturated carbocycles. The average Bonchev–Trinajstić information content (AvgIpc) is 2.97. The van der Waals surface area contributed by atoms with Crippen LogP contribution in [0.15, 0.2) is 12.3 Å². The first kappa shape index (κ1) is 12.1. The second kappa shape index (κ2) is 5.31. The number of H-pyrrole nitrogens is 1. The van der Waals surface area contributed by atoms with Gasteiger partial charge in [0.2, 0.25) is 5.91 Å². The first-order chi connectivity index (χ1) is 8.27. The third-order valence-corrected chi connectivity index (χ3v) is 3.35. The Morgan fingerprint density at radius 3 is 3.12 bits per heavy atom. The van der Waals surface area contributed by atoms with Crippen LogP contribution in [0.5, 0.6) is 0 Å². The first-order valence-corrected chi connectivity index (χ1v) is 6.28. The Morgan fingerprint density at radius 1 is 1.65 bits per heavy atom. The van der Waals surface area contributed by atoms with Gasteiger partial charge in [0.25, 0.3) is 0 Å². The molecule has 2 rings (SSSR count). The molecule has 17 heavy (non-hydrogen) atoms. The second-order valence-corrected chi connectivity index (χ2v) is 4.63.